The predicted octanol–water partition coefficient (Wildman–Crippen LogP) is 6.33. The number of likely N-dealkylation sites (N-methyl/N-ethyl adjacent to an activating group) is 2. The number of carbonyl (C=O) groups excluding carboxylic acids is 1. The molecule has 1 aliphatic heterocycles. The lowest BCUT2D eigenvalue weighted by Gasteiger charge is -2.35. The van der Waals surface area contributed by atoms with Gasteiger partial charge >= 0.3 is 0 Å². The number of hydrogen-bond acceptors (Lipinski definition) is 8. The maximum Gasteiger partial charge on any atom is 0.230 e. The van der Waals surface area contributed by atoms with E-state index in [1.165, 1.54) is 28.1 Å². The van der Waals surface area contributed by atoms with Crippen LogP contribution in [0.25, 0.3) is 0 Å². The number of hydrogen-bond donors (Lipinski definition) is 3. The standard InChI is InChI=1S/C32H47N7.C3H7NO2.C2H6/c1-8-27-20-25(5)26(6)31(21-27)38(11-4)23-28(22-33-7)32(34-9-2)36-24-35-29-12-14-30(15-13-29)39-18-16-37(10-3)17-19-39;1-2-6-4-3-5;1-2/h9,12-15,20-22,35H,2,7-8,10-11,16-19,23-24H2,1,3-6H3,(H,34,36);3H,2H2,1H3,(H,4,5);1-2H3/b28-22-;;. The third kappa shape index (κ3) is 14.0. The fraction of sp³-hybridized carbons (Fsp3) is 0.486. The molecule has 260 valence electrons. The van der Waals surface area contributed by atoms with Crippen LogP contribution in [0.3, 0.4) is 0 Å². The van der Waals surface area contributed by atoms with Crippen molar-refractivity contribution in [3.05, 3.63) is 77.6 Å². The first-order valence-electron chi connectivity index (χ1n) is 16.9. The lowest BCUT2D eigenvalue weighted by atomic mass is 10.0. The van der Waals surface area contributed by atoms with Crippen LogP contribution in [0.15, 0.2) is 70.9 Å². The molecule has 1 heterocycles. The van der Waals surface area contributed by atoms with Crippen LogP contribution in [-0.2, 0) is 16.1 Å². The third-order valence-electron chi connectivity index (χ3n) is 7.83. The Bertz CT molecular complexity index is 1250. The van der Waals surface area contributed by atoms with Crippen molar-refractivity contribution in [2.75, 3.05) is 74.2 Å². The Kier molecular flexibility index (Phi) is 20.9. The summed E-state index contributed by atoms with van der Waals surface area (Å²) in [5.41, 5.74) is 10.5. The summed E-state index contributed by atoms with van der Waals surface area (Å²) in [4.78, 5) is 29.9. The van der Waals surface area contributed by atoms with E-state index >= 15 is 0 Å². The Labute approximate surface area is 284 Å². The quantitative estimate of drug-likeness (QED) is 0.0644. The summed E-state index contributed by atoms with van der Waals surface area (Å²) in [6.45, 7) is 32.3. The number of aliphatic imine (C=N–C) groups is 2. The molecule has 1 amide bonds. The fourth-order valence-corrected chi connectivity index (χ4v) is 5.08. The Morgan fingerprint density at radius 3 is 2.23 bits per heavy atom. The Morgan fingerprint density at radius 1 is 1.04 bits per heavy atom. The average Bonchev–Trinajstić information content (AvgIpc) is 3.11. The predicted molar refractivity (Wildman–Crippen MR) is 203 cm³/mol. The van der Waals surface area contributed by atoms with Crippen LogP contribution in [0.5, 0.6) is 0 Å². The second-order valence-corrected chi connectivity index (χ2v) is 10.6. The van der Waals surface area contributed by atoms with E-state index in [4.69, 9.17) is 4.99 Å². The van der Waals surface area contributed by atoms with Gasteiger partial charge in [-0.15, -0.1) is 0 Å². The Morgan fingerprint density at radius 2 is 1.72 bits per heavy atom. The average molecular weight is 649 g/mol. The molecule has 0 saturated carbocycles. The molecular formula is C37H60N8O2. The Balaban J connectivity index is 0.00000124. The van der Waals surface area contributed by atoms with E-state index in [0.717, 1.165) is 62.8 Å². The number of aryl methyl sites for hydroxylation is 2. The molecule has 10 nitrogen and oxygen atoms in total. The van der Waals surface area contributed by atoms with Crippen molar-refractivity contribution in [1.29, 1.82) is 0 Å². The molecule has 0 unspecified atom stereocenters. The monoisotopic (exact) mass is 648 g/mol. The topological polar surface area (TPSA) is 96.8 Å². The highest BCUT2D eigenvalue weighted by Gasteiger charge is 2.17. The molecule has 0 atom stereocenters. The molecular weight excluding hydrogens is 588 g/mol. The zero-order valence-corrected chi connectivity index (χ0v) is 30.2. The van der Waals surface area contributed by atoms with E-state index in [-0.39, 0.29) is 0 Å². The van der Waals surface area contributed by atoms with Crippen molar-refractivity contribution in [2.24, 2.45) is 9.98 Å². The first-order valence-corrected chi connectivity index (χ1v) is 16.9. The summed E-state index contributed by atoms with van der Waals surface area (Å²) < 4.78 is 0. The number of benzene rings is 2. The minimum atomic E-state index is 0.425. The molecule has 0 spiro atoms. The van der Waals surface area contributed by atoms with E-state index in [2.05, 4.69) is 119 Å². The summed E-state index contributed by atoms with van der Waals surface area (Å²) >= 11 is 0. The summed E-state index contributed by atoms with van der Waals surface area (Å²) in [5.74, 6) is 0.731. The number of amidine groups is 1. The molecule has 2 aromatic rings. The second kappa shape index (κ2) is 24.1. The van der Waals surface area contributed by atoms with Gasteiger partial charge in [0.25, 0.3) is 0 Å². The minimum absolute atomic E-state index is 0.425. The molecule has 1 saturated heterocycles. The number of nitrogens with zero attached hydrogens (tertiary/aromatic N) is 5. The van der Waals surface area contributed by atoms with Crippen LogP contribution in [-0.4, -0.2) is 83.0 Å². The number of carbonyl (C=O) groups is 1. The normalized spacial score (nSPS) is 13.3. The molecule has 0 aromatic heterocycles. The van der Waals surface area contributed by atoms with Gasteiger partial charge in [0.2, 0.25) is 6.41 Å². The lowest BCUT2D eigenvalue weighted by molar-refractivity contribution is -0.120. The highest BCUT2D eigenvalue weighted by atomic mass is 16.6. The number of amides is 1. The van der Waals surface area contributed by atoms with Crippen LogP contribution >= 0.6 is 0 Å². The van der Waals surface area contributed by atoms with E-state index in [9.17, 15) is 4.79 Å². The summed E-state index contributed by atoms with van der Waals surface area (Å²) in [7, 11) is 0. The molecule has 0 radical (unpaired) electrons. The summed E-state index contributed by atoms with van der Waals surface area (Å²) in [6, 6.07) is 13.2. The van der Waals surface area contributed by atoms with E-state index < -0.39 is 0 Å². The van der Waals surface area contributed by atoms with Crippen LogP contribution in [0.1, 0.15) is 58.2 Å². The van der Waals surface area contributed by atoms with Gasteiger partial charge in [-0.25, -0.2) is 10.5 Å². The molecule has 47 heavy (non-hydrogen) atoms. The van der Waals surface area contributed by atoms with Crippen molar-refractivity contribution in [2.45, 2.75) is 61.8 Å². The van der Waals surface area contributed by atoms with E-state index in [0.29, 0.717) is 26.2 Å². The van der Waals surface area contributed by atoms with Gasteiger partial charge in [0, 0.05) is 68.1 Å². The van der Waals surface area contributed by atoms with Crippen LogP contribution in [0.4, 0.5) is 17.1 Å². The van der Waals surface area contributed by atoms with Crippen molar-refractivity contribution in [1.82, 2.24) is 15.7 Å². The van der Waals surface area contributed by atoms with Gasteiger partial charge in [-0.1, -0.05) is 40.3 Å². The fourth-order valence-electron chi connectivity index (χ4n) is 5.08. The van der Waals surface area contributed by atoms with Gasteiger partial charge in [-0.05, 0) is 101 Å². The molecule has 10 heteroatoms. The van der Waals surface area contributed by atoms with Gasteiger partial charge in [-0.3, -0.25) is 14.6 Å². The molecule has 1 aliphatic rings. The van der Waals surface area contributed by atoms with Crippen LogP contribution < -0.4 is 25.9 Å². The number of nitrogens with one attached hydrogen (secondary N) is 3. The van der Waals surface area contributed by atoms with Gasteiger partial charge in [0.1, 0.15) is 12.5 Å². The third-order valence-corrected chi connectivity index (χ3v) is 7.83. The molecule has 2 aromatic carbocycles. The van der Waals surface area contributed by atoms with Gasteiger partial charge in [-0.2, -0.15) is 0 Å². The zero-order chi connectivity index (χ0) is 35.0. The molecule has 0 aliphatic carbocycles. The second-order valence-electron chi connectivity index (χ2n) is 10.6. The SMILES string of the molecule is C=CNC(=N/CNc1ccc(N2CCN(CC)CC2)cc1)/C(=C\N=C)CN(CC)c1cc(CC)cc(C)c1C.CC.CCONC=O. The number of rotatable bonds is 16. The highest BCUT2D eigenvalue weighted by Crippen LogP contribution is 2.26. The molecule has 3 rings (SSSR count). The summed E-state index contributed by atoms with van der Waals surface area (Å²) in [5, 5.41) is 6.66. The maximum absolute atomic E-state index is 9.33. The summed E-state index contributed by atoms with van der Waals surface area (Å²) in [6.07, 6.45) is 4.95. The number of piperazine rings is 1. The lowest BCUT2D eigenvalue weighted by Crippen LogP contribution is -2.46. The van der Waals surface area contributed by atoms with Crippen molar-refractivity contribution in [3.63, 3.8) is 0 Å². The smallest absolute Gasteiger partial charge is 0.230 e. The minimum Gasteiger partial charge on any atom is -0.369 e. The first-order chi connectivity index (χ1) is 22.8. The number of anilines is 3. The van der Waals surface area contributed by atoms with Crippen molar-refractivity contribution >= 4 is 36.0 Å². The van der Waals surface area contributed by atoms with Crippen molar-refractivity contribution in [3.8, 4) is 0 Å². The molecule has 3 N–H and O–H groups in total. The van der Waals surface area contributed by atoms with Gasteiger partial charge in [0.05, 0.1) is 6.61 Å². The highest BCUT2D eigenvalue weighted by molar-refractivity contribution is 5.99. The van der Waals surface area contributed by atoms with E-state index in [1.54, 1.807) is 19.3 Å². The molecule has 0 bridgehead atoms. The van der Waals surface area contributed by atoms with Crippen LogP contribution in [0, 0.1) is 13.8 Å². The van der Waals surface area contributed by atoms with Crippen LogP contribution in [0.2, 0.25) is 0 Å². The molecule has 1 fully saturated rings. The largest absolute Gasteiger partial charge is 0.369 e. The maximum atomic E-state index is 9.33. The van der Waals surface area contributed by atoms with Gasteiger partial charge < -0.3 is 25.3 Å². The van der Waals surface area contributed by atoms with Gasteiger partial charge in [0.15, 0.2) is 0 Å². The first kappa shape index (κ1) is 40.9. The zero-order valence-electron chi connectivity index (χ0n) is 30.2. The number of hydroxylamine groups is 1. The van der Waals surface area contributed by atoms with Crippen molar-refractivity contribution < 1.29 is 9.63 Å². The Hall–Kier alpha value is -4.15. The van der Waals surface area contributed by atoms with E-state index in [1.807, 2.05) is 19.3 Å².